The number of hydrogen-bond donors (Lipinski definition) is 0. The highest BCUT2D eigenvalue weighted by Gasteiger charge is 2.16. The van der Waals surface area contributed by atoms with Gasteiger partial charge in [0.25, 0.3) is 0 Å². The van der Waals surface area contributed by atoms with Crippen molar-refractivity contribution < 1.29 is 0 Å². The first-order chi connectivity index (χ1) is 8.59. The van der Waals surface area contributed by atoms with E-state index in [1.54, 1.807) is 0 Å². The molecule has 2 rings (SSSR count). The van der Waals surface area contributed by atoms with Gasteiger partial charge in [-0.2, -0.15) is 0 Å². The Morgan fingerprint density at radius 2 is 1.78 bits per heavy atom. The third kappa shape index (κ3) is 2.72. The van der Waals surface area contributed by atoms with Crippen molar-refractivity contribution >= 4 is 11.6 Å². The Bertz CT molecular complexity index is 505. The summed E-state index contributed by atoms with van der Waals surface area (Å²) in [5, 5.41) is 8.58. The zero-order chi connectivity index (χ0) is 13.1. The Balaban J connectivity index is 2.22. The molecule has 1 atom stereocenters. The van der Waals surface area contributed by atoms with Gasteiger partial charge in [-0.15, -0.1) is 10.2 Å². The Morgan fingerprint density at radius 1 is 1.11 bits per heavy atom. The molecule has 0 fully saturated rings. The van der Waals surface area contributed by atoms with E-state index < -0.39 is 0 Å². The molecule has 0 N–H and O–H groups in total. The third-order valence-corrected chi connectivity index (χ3v) is 3.36. The molecule has 0 bridgehead atoms. The predicted molar refractivity (Wildman–Crippen MR) is 74.0 cm³/mol. The van der Waals surface area contributed by atoms with Crippen molar-refractivity contribution in [3.05, 3.63) is 47.0 Å². The van der Waals surface area contributed by atoms with Gasteiger partial charge in [0.05, 0.1) is 0 Å². The van der Waals surface area contributed by atoms with Crippen molar-refractivity contribution in [1.29, 1.82) is 0 Å². The molecule has 1 aromatic carbocycles. The fourth-order valence-electron chi connectivity index (χ4n) is 2.05. The first kappa shape index (κ1) is 13.1. The van der Waals surface area contributed by atoms with E-state index in [0.29, 0.717) is 17.1 Å². The van der Waals surface area contributed by atoms with E-state index in [1.165, 1.54) is 5.56 Å². The van der Waals surface area contributed by atoms with E-state index in [-0.39, 0.29) is 0 Å². The van der Waals surface area contributed by atoms with Gasteiger partial charge >= 0.3 is 0 Å². The van der Waals surface area contributed by atoms with Crippen LogP contribution < -0.4 is 0 Å². The summed E-state index contributed by atoms with van der Waals surface area (Å²) >= 11 is 6.11. The van der Waals surface area contributed by atoms with Gasteiger partial charge in [0.1, 0.15) is 5.82 Å². The zero-order valence-electron chi connectivity index (χ0n) is 11.0. The van der Waals surface area contributed by atoms with Crippen LogP contribution in [0.25, 0.3) is 0 Å². The Hall–Kier alpha value is -1.35. The summed E-state index contributed by atoms with van der Waals surface area (Å²) in [5.74, 6) is 1.66. The van der Waals surface area contributed by atoms with Crippen molar-refractivity contribution in [3.8, 4) is 0 Å². The van der Waals surface area contributed by atoms with Gasteiger partial charge in [0.15, 0.2) is 0 Å². The smallest absolute Gasteiger partial charge is 0.225 e. The topological polar surface area (TPSA) is 30.7 Å². The molecule has 0 saturated carbocycles. The maximum absolute atomic E-state index is 6.11. The molecule has 96 valence electrons. The van der Waals surface area contributed by atoms with E-state index in [4.69, 9.17) is 11.6 Å². The third-order valence-electron chi connectivity index (χ3n) is 3.08. The quantitative estimate of drug-likeness (QED) is 0.839. The molecule has 4 heteroatoms. The molecule has 1 heterocycles. The first-order valence-electron chi connectivity index (χ1n) is 6.23. The Morgan fingerprint density at radius 3 is 2.39 bits per heavy atom. The first-order valence-corrected chi connectivity index (χ1v) is 6.61. The Kier molecular flexibility index (Phi) is 4.02. The van der Waals surface area contributed by atoms with Crippen LogP contribution in [-0.2, 0) is 6.54 Å². The summed E-state index contributed by atoms with van der Waals surface area (Å²) in [7, 11) is 0. The predicted octanol–water partition coefficient (Wildman–Crippen LogP) is 3.86. The lowest BCUT2D eigenvalue weighted by Gasteiger charge is -2.16. The second-order valence-electron chi connectivity index (χ2n) is 4.90. The maximum Gasteiger partial charge on any atom is 0.225 e. The van der Waals surface area contributed by atoms with Crippen LogP contribution in [0.5, 0.6) is 0 Å². The normalized spacial score (nSPS) is 12.9. The fourth-order valence-corrected chi connectivity index (χ4v) is 2.25. The lowest BCUT2D eigenvalue weighted by Crippen LogP contribution is -2.11. The minimum atomic E-state index is 0.327. The number of hydrogen-bond acceptors (Lipinski definition) is 2. The summed E-state index contributed by atoms with van der Waals surface area (Å²) in [5.41, 5.74) is 1.30. The molecule has 1 aromatic heterocycles. The monoisotopic (exact) mass is 263 g/mol. The lowest BCUT2D eigenvalue weighted by molar-refractivity contribution is 0.557. The number of halogens is 1. The highest BCUT2D eigenvalue weighted by Crippen LogP contribution is 2.22. The highest BCUT2D eigenvalue weighted by atomic mass is 35.5. The van der Waals surface area contributed by atoms with Crippen LogP contribution in [0.3, 0.4) is 0 Å². The molecule has 3 nitrogen and oxygen atoms in total. The van der Waals surface area contributed by atoms with E-state index in [2.05, 4.69) is 55.2 Å². The summed E-state index contributed by atoms with van der Waals surface area (Å²) in [6.07, 6.45) is 0. The molecule has 18 heavy (non-hydrogen) atoms. The molecular weight excluding hydrogens is 246 g/mol. The molecular formula is C14H18ClN3. The molecule has 0 aliphatic heterocycles. The van der Waals surface area contributed by atoms with Crippen LogP contribution in [0.15, 0.2) is 30.3 Å². The second kappa shape index (κ2) is 5.53. The van der Waals surface area contributed by atoms with Crippen LogP contribution in [0.2, 0.25) is 5.28 Å². The van der Waals surface area contributed by atoms with Gasteiger partial charge in [-0.05, 0) is 23.1 Å². The Labute approximate surface area is 113 Å². The van der Waals surface area contributed by atoms with E-state index in [1.807, 2.05) is 10.6 Å². The SMILES string of the molecule is CC(C)c1nnc(Cl)n1CC(C)c1ccccc1. The highest BCUT2D eigenvalue weighted by molar-refractivity contribution is 6.28. The fraction of sp³-hybridized carbons (Fsp3) is 0.429. The minimum Gasteiger partial charge on any atom is -0.301 e. The van der Waals surface area contributed by atoms with Gasteiger partial charge in [0, 0.05) is 12.5 Å². The van der Waals surface area contributed by atoms with Crippen molar-refractivity contribution in [2.45, 2.75) is 39.2 Å². The number of aromatic nitrogens is 3. The molecule has 0 aliphatic rings. The van der Waals surface area contributed by atoms with Crippen LogP contribution in [-0.4, -0.2) is 14.8 Å². The number of benzene rings is 1. The summed E-state index contributed by atoms with van der Waals surface area (Å²) in [6, 6.07) is 10.4. The largest absolute Gasteiger partial charge is 0.301 e. The van der Waals surface area contributed by atoms with Crippen LogP contribution >= 0.6 is 11.6 Å². The lowest BCUT2D eigenvalue weighted by atomic mass is 10.0. The average molecular weight is 264 g/mol. The average Bonchev–Trinajstić information content (AvgIpc) is 2.72. The van der Waals surface area contributed by atoms with Crippen LogP contribution in [0.4, 0.5) is 0 Å². The molecule has 0 amide bonds. The van der Waals surface area contributed by atoms with Crippen LogP contribution in [0, 0.1) is 0 Å². The molecule has 0 saturated heterocycles. The van der Waals surface area contributed by atoms with Crippen molar-refractivity contribution in [3.63, 3.8) is 0 Å². The summed E-state index contributed by atoms with van der Waals surface area (Å²) < 4.78 is 2.00. The van der Waals surface area contributed by atoms with Gasteiger partial charge < -0.3 is 4.57 Å². The molecule has 1 unspecified atom stereocenters. The molecule has 0 spiro atoms. The van der Waals surface area contributed by atoms with Gasteiger partial charge in [-0.25, -0.2) is 0 Å². The van der Waals surface area contributed by atoms with E-state index in [0.717, 1.165) is 12.4 Å². The van der Waals surface area contributed by atoms with E-state index in [9.17, 15) is 0 Å². The number of nitrogens with zero attached hydrogens (tertiary/aromatic N) is 3. The van der Waals surface area contributed by atoms with Crippen LogP contribution in [0.1, 0.15) is 44.0 Å². The van der Waals surface area contributed by atoms with Gasteiger partial charge in [-0.1, -0.05) is 51.1 Å². The zero-order valence-corrected chi connectivity index (χ0v) is 11.7. The summed E-state index contributed by atoms with van der Waals surface area (Å²) in [6.45, 7) is 7.20. The van der Waals surface area contributed by atoms with Crippen molar-refractivity contribution in [2.24, 2.45) is 0 Å². The van der Waals surface area contributed by atoms with Gasteiger partial charge in [-0.3, -0.25) is 0 Å². The molecule has 2 aromatic rings. The standard InChI is InChI=1S/C14H18ClN3/c1-10(2)13-16-17-14(15)18(13)9-11(3)12-7-5-4-6-8-12/h4-8,10-11H,9H2,1-3H3. The van der Waals surface area contributed by atoms with E-state index >= 15 is 0 Å². The maximum atomic E-state index is 6.11. The molecule has 0 aliphatic carbocycles. The van der Waals surface area contributed by atoms with Crippen molar-refractivity contribution in [2.75, 3.05) is 0 Å². The minimum absolute atomic E-state index is 0.327. The van der Waals surface area contributed by atoms with Gasteiger partial charge in [0.2, 0.25) is 5.28 Å². The summed E-state index contributed by atoms with van der Waals surface area (Å²) in [4.78, 5) is 0. The van der Waals surface area contributed by atoms with Crippen molar-refractivity contribution in [1.82, 2.24) is 14.8 Å². The molecule has 0 radical (unpaired) electrons. The number of rotatable bonds is 4. The second-order valence-corrected chi connectivity index (χ2v) is 5.24.